The van der Waals surface area contributed by atoms with Crippen molar-refractivity contribution in [2.45, 2.75) is 12.5 Å². The van der Waals surface area contributed by atoms with Gasteiger partial charge < -0.3 is 19.9 Å². The normalized spacial score (nSPS) is 14.1. The molecule has 0 aliphatic carbocycles. The van der Waals surface area contributed by atoms with Gasteiger partial charge in [-0.3, -0.25) is 14.5 Å². The molecule has 0 saturated heterocycles. The maximum atomic E-state index is 12.8. The Bertz CT molecular complexity index is 1000. The van der Waals surface area contributed by atoms with Gasteiger partial charge in [0.15, 0.2) is 11.5 Å². The first-order valence-corrected chi connectivity index (χ1v) is 9.41. The van der Waals surface area contributed by atoms with Gasteiger partial charge in [0.1, 0.15) is 5.69 Å². The molecule has 29 heavy (non-hydrogen) atoms. The molecule has 150 valence electrons. The second-order valence-corrected chi connectivity index (χ2v) is 6.78. The molecule has 4 rings (SSSR count). The third-order valence-electron chi connectivity index (χ3n) is 4.64. The summed E-state index contributed by atoms with van der Waals surface area (Å²) in [4.78, 5) is 16.7. The highest BCUT2D eigenvalue weighted by Crippen LogP contribution is 2.34. The van der Waals surface area contributed by atoms with E-state index in [1.165, 1.54) is 0 Å². The van der Waals surface area contributed by atoms with E-state index >= 15 is 0 Å². The first-order chi connectivity index (χ1) is 14.1. The largest absolute Gasteiger partial charge is 0.490 e. The monoisotopic (exact) mass is 394 g/mol. The number of aromatic nitrogens is 3. The summed E-state index contributed by atoms with van der Waals surface area (Å²) in [6, 6.07) is 8.96. The van der Waals surface area contributed by atoms with Crippen molar-refractivity contribution in [1.29, 1.82) is 0 Å². The molecule has 0 spiro atoms. The predicted octanol–water partition coefficient (Wildman–Crippen LogP) is 2.11. The molecule has 1 amide bonds. The van der Waals surface area contributed by atoms with Crippen LogP contribution in [0.5, 0.6) is 11.5 Å². The molecule has 1 aromatic carbocycles. The van der Waals surface area contributed by atoms with Crippen molar-refractivity contribution in [2.24, 2.45) is 7.05 Å². The average molecular weight is 394 g/mol. The second-order valence-electron chi connectivity index (χ2n) is 6.78. The Kier molecular flexibility index (Phi) is 5.44. The molecule has 0 unspecified atom stereocenters. The molecule has 1 aliphatic rings. The highest BCUT2D eigenvalue weighted by molar-refractivity contribution is 6.00. The van der Waals surface area contributed by atoms with Crippen LogP contribution in [0.1, 0.15) is 28.4 Å². The fourth-order valence-electron chi connectivity index (χ4n) is 3.17. The van der Waals surface area contributed by atoms with E-state index in [0.29, 0.717) is 41.5 Å². The zero-order valence-electron chi connectivity index (χ0n) is 16.0. The number of hydrogen-bond donors (Lipinski definition) is 2. The number of nitrogens with one attached hydrogen (secondary N) is 1. The Labute approximate surface area is 168 Å². The molecular formula is C21H22N4O4. The van der Waals surface area contributed by atoms with Gasteiger partial charge in [-0.15, -0.1) is 0 Å². The van der Waals surface area contributed by atoms with Crippen LogP contribution in [0.4, 0.5) is 0 Å². The van der Waals surface area contributed by atoms with Crippen molar-refractivity contribution in [1.82, 2.24) is 20.1 Å². The number of carbonyl (C=O) groups is 1. The van der Waals surface area contributed by atoms with Crippen LogP contribution >= 0.6 is 0 Å². The van der Waals surface area contributed by atoms with Gasteiger partial charge in [-0.1, -0.05) is 0 Å². The number of aliphatic hydroxyl groups is 1. The van der Waals surface area contributed by atoms with Crippen LogP contribution in [-0.4, -0.2) is 45.5 Å². The number of fused-ring (bicyclic) bond motifs is 1. The van der Waals surface area contributed by atoms with E-state index in [-0.39, 0.29) is 12.5 Å². The summed E-state index contributed by atoms with van der Waals surface area (Å²) in [6.07, 6.45) is 4.86. The minimum absolute atomic E-state index is 0.0817. The van der Waals surface area contributed by atoms with Crippen LogP contribution in [0.2, 0.25) is 0 Å². The van der Waals surface area contributed by atoms with Crippen molar-refractivity contribution < 1.29 is 19.4 Å². The highest BCUT2D eigenvalue weighted by atomic mass is 16.5. The zero-order valence-corrected chi connectivity index (χ0v) is 16.0. The SMILES string of the molecule is Cn1cc(C(=O)NC[C@H](O)c2ccncc2)c(-c2ccc3c(c2)OCCCO3)n1. The number of rotatable bonds is 5. The van der Waals surface area contributed by atoms with Crippen molar-refractivity contribution in [3.8, 4) is 22.8 Å². The predicted molar refractivity (Wildman–Crippen MR) is 106 cm³/mol. The molecule has 0 saturated carbocycles. The van der Waals surface area contributed by atoms with Gasteiger partial charge in [0.05, 0.1) is 24.9 Å². The number of hydrogen-bond acceptors (Lipinski definition) is 6. The number of benzene rings is 1. The van der Waals surface area contributed by atoms with E-state index < -0.39 is 6.10 Å². The molecular weight excluding hydrogens is 372 g/mol. The van der Waals surface area contributed by atoms with Gasteiger partial charge in [-0.2, -0.15) is 5.10 Å². The molecule has 2 N–H and O–H groups in total. The maximum absolute atomic E-state index is 12.8. The van der Waals surface area contributed by atoms with Crippen LogP contribution in [0.25, 0.3) is 11.3 Å². The maximum Gasteiger partial charge on any atom is 0.255 e. The van der Waals surface area contributed by atoms with Gasteiger partial charge in [-0.05, 0) is 35.9 Å². The Balaban J connectivity index is 1.54. The Morgan fingerprint density at radius 1 is 1.21 bits per heavy atom. The lowest BCUT2D eigenvalue weighted by atomic mass is 10.1. The van der Waals surface area contributed by atoms with E-state index in [2.05, 4.69) is 15.4 Å². The minimum Gasteiger partial charge on any atom is -0.490 e. The Morgan fingerprint density at radius 2 is 1.97 bits per heavy atom. The minimum atomic E-state index is -0.819. The molecule has 1 atom stereocenters. The molecule has 3 aromatic rings. The van der Waals surface area contributed by atoms with Crippen LogP contribution in [0.15, 0.2) is 48.9 Å². The molecule has 3 heterocycles. The van der Waals surface area contributed by atoms with Crippen molar-refractivity contribution >= 4 is 5.91 Å². The molecule has 2 aromatic heterocycles. The van der Waals surface area contributed by atoms with Gasteiger partial charge in [0, 0.05) is 44.2 Å². The lowest BCUT2D eigenvalue weighted by Gasteiger charge is -2.12. The number of nitrogens with zero attached hydrogens (tertiary/aromatic N) is 3. The molecule has 0 radical (unpaired) electrons. The Morgan fingerprint density at radius 3 is 2.76 bits per heavy atom. The topological polar surface area (TPSA) is 98.5 Å². The van der Waals surface area contributed by atoms with Crippen LogP contribution in [0.3, 0.4) is 0 Å². The lowest BCUT2D eigenvalue weighted by molar-refractivity contribution is 0.0917. The summed E-state index contributed by atoms with van der Waals surface area (Å²) in [7, 11) is 1.76. The smallest absolute Gasteiger partial charge is 0.255 e. The summed E-state index contributed by atoms with van der Waals surface area (Å²) in [6.45, 7) is 1.28. The van der Waals surface area contributed by atoms with Crippen molar-refractivity contribution in [3.05, 3.63) is 60.0 Å². The van der Waals surface area contributed by atoms with E-state index in [1.807, 2.05) is 18.2 Å². The second kappa shape index (κ2) is 8.32. The van der Waals surface area contributed by atoms with E-state index in [0.717, 1.165) is 12.0 Å². The summed E-state index contributed by atoms with van der Waals surface area (Å²) < 4.78 is 13.0. The first-order valence-electron chi connectivity index (χ1n) is 9.41. The van der Waals surface area contributed by atoms with Gasteiger partial charge in [0.2, 0.25) is 0 Å². The van der Waals surface area contributed by atoms with Gasteiger partial charge in [-0.25, -0.2) is 0 Å². The Hall–Kier alpha value is -3.39. The summed E-state index contributed by atoms with van der Waals surface area (Å²) in [5.74, 6) is 1.02. The van der Waals surface area contributed by atoms with E-state index in [4.69, 9.17) is 9.47 Å². The summed E-state index contributed by atoms with van der Waals surface area (Å²) in [5.41, 5.74) is 2.41. The molecule has 0 fully saturated rings. The van der Waals surface area contributed by atoms with Crippen LogP contribution < -0.4 is 14.8 Å². The fourth-order valence-corrected chi connectivity index (χ4v) is 3.17. The van der Waals surface area contributed by atoms with Crippen molar-refractivity contribution in [2.75, 3.05) is 19.8 Å². The first kappa shape index (κ1) is 18.9. The van der Waals surface area contributed by atoms with E-state index in [9.17, 15) is 9.90 Å². The van der Waals surface area contributed by atoms with E-state index in [1.54, 1.807) is 42.5 Å². The third kappa shape index (κ3) is 4.22. The number of carbonyl (C=O) groups excluding carboxylic acids is 1. The third-order valence-corrected chi connectivity index (χ3v) is 4.64. The van der Waals surface area contributed by atoms with Crippen LogP contribution in [0, 0.1) is 0 Å². The number of ether oxygens (including phenoxy) is 2. The van der Waals surface area contributed by atoms with Gasteiger partial charge >= 0.3 is 0 Å². The van der Waals surface area contributed by atoms with Crippen molar-refractivity contribution in [3.63, 3.8) is 0 Å². The summed E-state index contributed by atoms with van der Waals surface area (Å²) >= 11 is 0. The average Bonchev–Trinajstić information content (AvgIpc) is 2.99. The summed E-state index contributed by atoms with van der Waals surface area (Å²) in [5, 5.41) is 17.5. The van der Waals surface area contributed by atoms with Gasteiger partial charge in [0.25, 0.3) is 5.91 Å². The molecule has 8 nitrogen and oxygen atoms in total. The zero-order chi connectivity index (χ0) is 20.2. The standard InChI is InChI=1S/C21H22N4O4/c1-25-13-16(21(27)23-12-17(26)14-5-7-22-8-6-14)20(24-25)15-3-4-18-19(11-15)29-10-2-9-28-18/h3-8,11,13,17,26H,2,9-10,12H2,1H3,(H,23,27)/t17-/m0/s1. The number of aliphatic hydroxyl groups excluding tert-OH is 1. The fraction of sp³-hybridized carbons (Fsp3) is 0.286. The number of aryl methyl sites for hydroxylation is 1. The molecule has 0 bridgehead atoms. The van der Waals surface area contributed by atoms with Crippen LogP contribution in [-0.2, 0) is 7.05 Å². The quantitative estimate of drug-likeness (QED) is 0.688. The highest BCUT2D eigenvalue weighted by Gasteiger charge is 2.20. The molecule has 8 heteroatoms. The number of pyridine rings is 1. The number of amides is 1. The lowest BCUT2D eigenvalue weighted by Crippen LogP contribution is -2.28. The molecule has 1 aliphatic heterocycles.